The standard InChI is InChI=1S/C13H22N4O3/c1-3-17-4-5-20-10(9-17)6-14-8-12-11(13(18)19)7-15-16(12)2/h7,10,14H,3-6,8-9H2,1-2H3,(H,18,19). The van der Waals surface area contributed by atoms with Crippen molar-refractivity contribution in [1.82, 2.24) is 20.0 Å². The first-order chi connectivity index (χ1) is 9.61. The minimum atomic E-state index is -0.944. The molecule has 1 saturated heterocycles. The molecule has 0 amide bonds. The largest absolute Gasteiger partial charge is 0.478 e. The van der Waals surface area contributed by atoms with E-state index in [0.29, 0.717) is 18.8 Å². The van der Waals surface area contributed by atoms with E-state index in [4.69, 9.17) is 9.84 Å². The van der Waals surface area contributed by atoms with Crippen molar-refractivity contribution < 1.29 is 14.6 Å². The molecule has 2 rings (SSSR count). The summed E-state index contributed by atoms with van der Waals surface area (Å²) in [6, 6.07) is 0. The molecule has 0 bridgehead atoms. The molecule has 0 aliphatic carbocycles. The van der Waals surface area contributed by atoms with Crippen molar-refractivity contribution >= 4 is 5.97 Å². The third kappa shape index (κ3) is 3.56. The van der Waals surface area contributed by atoms with E-state index < -0.39 is 5.97 Å². The molecule has 1 aromatic rings. The van der Waals surface area contributed by atoms with Crippen molar-refractivity contribution in [2.45, 2.75) is 19.6 Å². The van der Waals surface area contributed by atoms with Gasteiger partial charge in [-0.25, -0.2) is 4.79 Å². The fraction of sp³-hybridized carbons (Fsp3) is 0.692. The molecular formula is C13H22N4O3. The minimum absolute atomic E-state index is 0.158. The number of aryl methyl sites for hydroxylation is 1. The van der Waals surface area contributed by atoms with Crippen LogP contribution in [-0.2, 0) is 18.3 Å². The fourth-order valence-corrected chi connectivity index (χ4v) is 2.39. The number of ether oxygens (including phenoxy) is 1. The number of hydrogen-bond acceptors (Lipinski definition) is 5. The highest BCUT2D eigenvalue weighted by Gasteiger charge is 2.20. The Morgan fingerprint density at radius 2 is 2.45 bits per heavy atom. The number of nitrogens with one attached hydrogen (secondary N) is 1. The maximum absolute atomic E-state index is 11.1. The highest BCUT2D eigenvalue weighted by Crippen LogP contribution is 2.08. The molecule has 0 saturated carbocycles. The Kier molecular flexibility index (Phi) is 5.11. The van der Waals surface area contributed by atoms with Crippen LogP contribution in [0.4, 0.5) is 0 Å². The predicted molar refractivity (Wildman–Crippen MR) is 73.7 cm³/mol. The molecule has 2 N–H and O–H groups in total. The van der Waals surface area contributed by atoms with Gasteiger partial charge in [0.2, 0.25) is 0 Å². The topological polar surface area (TPSA) is 79.6 Å². The first-order valence-electron chi connectivity index (χ1n) is 6.90. The molecule has 1 atom stereocenters. The molecule has 0 aromatic carbocycles. The van der Waals surface area contributed by atoms with E-state index in [1.54, 1.807) is 11.7 Å². The zero-order valence-corrected chi connectivity index (χ0v) is 12.0. The summed E-state index contributed by atoms with van der Waals surface area (Å²) in [7, 11) is 1.75. The molecule has 1 unspecified atom stereocenters. The van der Waals surface area contributed by atoms with Gasteiger partial charge in [-0.05, 0) is 6.54 Å². The van der Waals surface area contributed by atoms with Crippen LogP contribution in [0.3, 0.4) is 0 Å². The smallest absolute Gasteiger partial charge is 0.339 e. The van der Waals surface area contributed by atoms with Crippen LogP contribution < -0.4 is 5.32 Å². The molecule has 2 heterocycles. The van der Waals surface area contributed by atoms with Crippen LogP contribution in [0.2, 0.25) is 0 Å². The predicted octanol–water partition coefficient (Wildman–Crippen LogP) is -0.0714. The molecule has 0 spiro atoms. The number of carbonyl (C=O) groups is 1. The average Bonchev–Trinajstić information content (AvgIpc) is 2.81. The van der Waals surface area contributed by atoms with E-state index in [0.717, 1.165) is 26.2 Å². The Bertz CT molecular complexity index is 460. The van der Waals surface area contributed by atoms with Crippen LogP contribution in [-0.4, -0.2) is 64.6 Å². The van der Waals surface area contributed by atoms with Gasteiger partial charge in [0, 0.05) is 33.2 Å². The monoisotopic (exact) mass is 282 g/mol. The lowest BCUT2D eigenvalue weighted by molar-refractivity contribution is -0.0254. The van der Waals surface area contributed by atoms with E-state index in [-0.39, 0.29) is 11.7 Å². The lowest BCUT2D eigenvalue weighted by Gasteiger charge is -2.32. The second kappa shape index (κ2) is 6.83. The summed E-state index contributed by atoms with van der Waals surface area (Å²) in [6.07, 6.45) is 1.54. The molecule has 7 nitrogen and oxygen atoms in total. The Labute approximate surface area is 118 Å². The summed E-state index contributed by atoms with van der Waals surface area (Å²) >= 11 is 0. The van der Waals surface area contributed by atoms with E-state index in [9.17, 15) is 4.79 Å². The highest BCUT2D eigenvalue weighted by atomic mass is 16.5. The molecular weight excluding hydrogens is 260 g/mol. The van der Waals surface area contributed by atoms with E-state index >= 15 is 0 Å². The van der Waals surface area contributed by atoms with Crippen molar-refractivity contribution in [2.75, 3.05) is 32.8 Å². The number of carboxylic acid groups (broad SMARTS) is 1. The zero-order valence-electron chi connectivity index (χ0n) is 12.0. The summed E-state index contributed by atoms with van der Waals surface area (Å²) in [5, 5.41) is 16.3. The Balaban J connectivity index is 1.84. The average molecular weight is 282 g/mol. The molecule has 112 valence electrons. The zero-order chi connectivity index (χ0) is 14.5. The first kappa shape index (κ1) is 15.0. The van der Waals surface area contributed by atoms with Gasteiger partial charge < -0.3 is 15.2 Å². The summed E-state index contributed by atoms with van der Waals surface area (Å²) < 4.78 is 7.29. The van der Waals surface area contributed by atoms with E-state index in [1.165, 1.54) is 6.20 Å². The van der Waals surface area contributed by atoms with E-state index in [1.807, 2.05) is 0 Å². The van der Waals surface area contributed by atoms with Gasteiger partial charge in [-0.15, -0.1) is 0 Å². The van der Waals surface area contributed by atoms with Gasteiger partial charge >= 0.3 is 5.97 Å². The number of morpholine rings is 1. The van der Waals surface area contributed by atoms with Crippen molar-refractivity contribution in [3.8, 4) is 0 Å². The number of nitrogens with zero attached hydrogens (tertiary/aromatic N) is 3. The van der Waals surface area contributed by atoms with Crippen molar-refractivity contribution in [3.05, 3.63) is 17.5 Å². The molecule has 1 aliphatic heterocycles. The van der Waals surface area contributed by atoms with Crippen molar-refractivity contribution in [1.29, 1.82) is 0 Å². The third-order valence-corrected chi connectivity index (χ3v) is 3.63. The minimum Gasteiger partial charge on any atom is -0.478 e. The Morgan fingerprint density at radius 1 is 1.65 bits per heavy atom. The Morgan fingerprint density at radius 3 is 3.15 bits per heavy atom. The van der Waals surface area contributed by atoms with Gasteiger partial charge in [0.1, 0.15) is 5.56 Å². The molecule has 1 aliphatic rings. The number of rotatable bonds is 6. The van der Waals surface area contributed by atoms with Crippen LogP contribution >= 0.6 is 0 Å². The van der Waals surface area contributed by atoms with Crippen molar-refractivity contribution in [2.24, 2.45) is 7.05 Å². The maximum Gasteiger partial charge on any atom is 0.339 e. The van der Waals surface area contributed by atoms with Crippen LogP contribution in [0.15, 0.2) is 6.20 Å². The quantitative estimate of drug-likeness (QED) is 0.760. The maximum atomic E-state index is 11.1. The van der Waals surface area contributed by atoms with Crippen LogP contribution in [0.5, 0.6) is 0 Å². The number of aromatic nitrogens is 2. The van der Waals surface area contributed by atoms with E-state index in [2.05, 4.69) is 22.2 Å². The number of hydrogen-bond donors (Lipinski definition) is 2. The second-order valence-corrected chi connectivity index (χ2v) is 4.95. The number of likely N-dealkylation sites (N-methyl/N-ethyl adjacent to an activating group) is 1. The molecule has 1 fully saturated rings. The Hall–Kier alpha value is -1.44. The number of carboxylic acids is 1. The fourth-order valence-electron chi connectivity index (χ4n) is 2.39. The van der Waals surface area contributed by atoms with Gasteiger partial charge in [0.25, 0.3) is 0 Å². The third-order valence-electron chi connectivity index (χ3n) is 3.63. The number of aromatic carboxylic acids is 1. The summed E-state index contributed by atoms with van der Waals surface area (Å²) in [6.45, 7) is 7.02. The lowest BCUT2D eigenvalue weighted by atomic mass is 10.2. The van der Waals surface area contributed by atoms with Crippen molar-refractivity contribution in [3.63, 3.8) is 0 Å². The summed E-state index contributed by atoms with van der Waals surface area (Å²) in [4.78, 5) is 13.4. The second-order valence-electron chi connectivity index (χ2n) is 4.95. The van der Waals surface area contributed by atoms with Crippen LogP contribution in [0, 0.1) is 0 Å². The summed E-state index contributed by atoms with van der Waals surface area (Å²) in [5.41, 5.74) is 0.931. The molecule has 20 heavy (non-hydrogen) atoms. The lowest BCUT2D eigenvalue weighted by Crippen LogP contribution is -2.46. The highest BCUT2D eigenvalue weighted by molar-refractivity contribution is 5.88. The SMILES string of the molecule is CCN1CCOC(CNCc2c(C(=O)O)cnn2C)C1. The normalized spacial score (nSPS) is 20.2. The van der Waals surface area contributed by atoms with Gasteiger partial charge in [0.05, 0.1) is 24.6 Å². The first-order valence-corrected chi connectivity index (χ1v) is 6.90. The van der Waals surface area contributed by atoms with Gasteiger partial charge in [-0.3, -0.25) is 9.58 Å². The molecule has 0 radical (unpaired) electrons. The summed E-state index contributed by atoms with van der Waals surface area (Å²) in [5.74, 6) is -0.944. The van der Waals surface area contributed by atoms with Gasteiger partial charge in [-0.2, -0.15) is 5.10 Å². The molecule has 7 heteroatoms. The molecule has 1 aromatic heterocycles. The van der Waals surface area contributed by atoms with Crippen LogP contribution in [0.1, 0.15) is 23.0 Å². The van der Waals surface area contributed by atoms with Crippen LogP contribution in [0.25, 0.3) is 0 Å². The van der Waals surface area contributed by atoms with Gasteiger partial charge in [-0.1, -0.05) is 6.92 Å². The van der Waals surface area contributed by atoms with Gasteiger partial charge in [0.15, 0.2) is 0 Å².